The Morgan fingerprint density at radius 1 is 1.07 bits per heavy atom. The average Bonchev–Trinajstić information content (AvgIpc) is 3.01. The number of aromatic nitrogens is 1. The normalized spacial score (nSPS) is 16.2. The molecule has 0 aliphatic carbocycles. The summed E-state index contributed by atoms with van der Waals surface area (Å²) >= 11 is 6.91. The van der Waals surface area contributed by atoms with E-state index in [4.69, 9.17) is 17.0 Å². The summed E-state index contributed by atoms with van der Waals surface area (Å²) in [7, 11) is 0. The van der Waals surface area contributed by atoms with Crippen LogP contribution in [0.5, 0.6) is 5.75 Å². The molecule has 0 unspecified atom stereocenters. The topological polar surface area (TPSA) is 42.4 Å². The average molecular weight is 435 g/mol. The molecular formula is C24H22N2O2S2. The van der Waals surface area contributed by atoms with Crippen LogP contribution in [0.15, 0.2) is 73.1 Å². The highest BCUT2D eigenvalue weighted by molar-refractivity contribution is 8.24. The molecule has 2 heterocycles. The molecule has 1 atom stereocenters. The van der Waals surface area contributed by atoms with Gasteiger partial charge < -0.3 is 4.74 Å². The van der Waals surface area contributed by atoms with Crippen LogP contribution in [0.2, 0.25) is 0 Å². The Kier molecular flexibility index (Phi) is 6.45. The number of pyridine rings is 1. The van der Waals surface area contributed by atoms with Gasteiger partial charge in [0.05, 0.1) is 11.8 Å². The van der Waals surface area contributed by atoms with Crippen LogP contribution in [0, 0.1) is 6.92 Å². The fourth-order valence-electron chi connectivity index (χ4n) is 3.35. The second kappa shape index (κ2) is 9.41. The zero-order chi connectivity index (χ0) is 20.9. The number of carbonyl (C=O) groups excluding carboxylic acids is 1. The van der Waals surface area contributed by atoms with E-state index in [1.807, 2.05) is 42.5 Å². The molecule has 1 aliphatic rings. The van der Waals surface area contributed by atoms with Crippen LogP contribution in [-0.2, 0) is 24.4 Å². The molecule has 0 spiro atoms. The number of hydrogen-bond donors (Lipinski definition) is 0. The third-order valence-corrected chi connectivity index (χ3v) is 6.48. The van der Waals surface area contributed by atoms with E-state index in [0.29, 0.717) is 23.9 Å². The quantitative estimate of drug-likeness (QED) is 0.493. The summed E-state index contributed by atoms with van der Waals surface area (Å²) in [4.78, 5) is 18.6. The second-order valence-corrected chi connectivity index (χ2v) is 9.12. The largest absolute Gasteiger partial charge is 0.489 e. The molecule has 6 heteroatoms. The highest BCUT2D eigenvalue weighted by Crippen LogP contribution is 2.31. The lowest BCUT2D eigenvalue weighted by atomic mass is 10.1. The van der Waals surface area contributed by atoms with Crippen molar-refractivity contribution in [1.82, 2.24) is 9.88 Å². The molecule has 0 saturated carbocycles. The standard InChI is InChI=1S/C24H22N2O2S2/c1-17-4-2-5-19(12-17)16-28-21-9-7-18(8-10-21)13-22-23(27)26(24(29)30-22)15-20-6-3-11-25-14-20/h2-12,14,22H,13,15-16H2,1H3/t22-/m1/s1. The zero-order valence-electron chi connectivity index (χ0n) is 16.7. The Hall–Kier alpha value is -2.70. The first-order valence-corrected chi connectivity index (χ1v) is 11.1. The molecule has 1 amide bonds. The van der Waals surface area contributed by atoms with E-state index in [9.17, 15) is 4.79 Å². The van der Waals surface area contributed by atoms with Crippen LogP contribution in [0.3, 0.4) is 0 Å². The van der Waals surface area contributed by atoms with Crippen LogP contribution >= 0.6 is 24.0 Å². The van der Waals surface area contributed by atoms with Crippen LogP contribution in [0.4, 0.5) is 0 Å². The third-order valence-electron chi connectivity index (χ3n) is 4.90. The lowest BCUT2D eigenvalue weighted by molar-refractivity contribution is -0.126. The number of thioether (sulfide) groups is 1. The molecule has 1 saturated heterocycles. The van der Waals surface area contributed by atoms with E-state index in [1.165, 1.54) is 17.3 Å². The Labute approximate surface area is 186 Å². The van der Waals surface area contributed by atoms with E-state index < -0.39 is 0 Å². The van der Waals surface area contributed by atoms with Gasteiger partial charge >= 0.3 is 0 Å². The van der Waals surface area contributed by atoms with Gasteiger partial charge in [-0.2, -0.15) is 0 Å². The first-order chi connectivity index (χ1) is 14.6. The number of carbonyl (C=O) groups is 1. The van der Waals surface area contributed by atoms with Gasteiger partial charge in [-0.05, 0) is 48.2 Å². The van der Waals surface area contributed by atoms with E-state index in [-0.39, 0.29) is 11.2 Å². The Balaban J connectivity index is 1.34. The van der Waals surface area contributed by atoms with Gasteiger partial charge in [-0.15, -0.1) is 0 Å². The number of aryl methyl sites for hydroxylation is 1. The fraction of sp³-hybridized carbons (Fsp3) is 0.208. The van der Waals surface area contributed by atoms with Crippen LogP contribution < -0.4 is 4.74 Å². The number of thiocarbonyl (C=S) groups is 1. The maximum atomic E-state index is 12.9. The summed E-state index contributed by atoms with van der Waals surface area (Å²) in [5.74, 6) is 0.882. The second-order valence-electron chi connectivity index (χ2n) is 7.28. The van der Waals surface area contributed by atoms with Crippen molar-refractivity contribution in [3.8, 4) is 5.75 Å². The predicted molar refractivity (Wildman–Crippen MR) is 124 cm³/mol. The van der Waals surface area contributed by atoms with Gasteiger partial charge in [-0.25, -0.2) is 0 Å². The highest BCUT2D eigenvalue weighted by atomic mass is 32.2. The summed E-state index contributed by atoms with van der Waals surface area (Å²) in [5, 5.41) is -0.187. The molecule has 2 aromatic carbocycles. The Morgan fingerprint density at radius 3 is 2.60 bits per heavy atom. The van der Waals surface area contributed by atoms with E-state index in [0.717, 1.165) is 22.4 Å². The monoisotopic (exact) mass is 434 g/mol. The van der Waals surface area contributed by atoms with Crippen molar-refractivity contribution in [1.29, 1.82) is 0 Å². The number of ether oxygens (including phenoxy) is 1. The molecule has 0 bridgehead atoms. The molecule has 1 aliphatic heterocycles. The van der Waals surface area contributed by atoms with Crippen LogP contribution in [-0.4, -0.2) is 25.4 Å². The minimum Gasteiger partial charge on any atom is -0.489 e. The van der Waals surface area contributed by atoms with Crippen molar-refractivity contribution in [2.24, 2.45) is 0 Å². The van der Waals surface area contributed by atoms with Crippen LogP contribution in [0.1, 0.15) is 22.3 Å². The highest BCUT2D eigenvalue weighted by Gasteiger charge is 2.36. The maximum Gasteiger partial charge on any atom is 0.242 e. The number of rotatable bonds is 7. The summed E-state index contributed by atoms with van der Waals surface area (Å²) in [6.45, 7) is 3.08. The fourth-order valence-corrected chi connectivity index (χ4v) is 4.88. The minimum atomic E-state index is -0.187. The third kappa shape index (κ3) is 5.07. The predicted octanol–water partition coefficient (Wildman–Crippen LogP) is 4.94. The Morgan fingerprint density at radius 2 is 1.87 bits per heavy atom. The summed E-state index contributed by atoms with van der Waals surface area (Å²) in [5.41, 5.74) is 4.44. The van der Waals surface area contributed by atoms with E-state index in [2.05, 4.69) is 30.1 Å². The molecule has 4 rings (SSSR count). The molecule has 1 fully saturated rings. The molecule has 4 nitrogen and oxygen atoms in total. The first-order valence-electron chi connectivity index (χ1n) is 9.77. The zero-order valence-corrected chi connectivity index (χ0v) is 18.3. The SMILES string of the molecule is Cc1cccc(COc2ccc(C[C@H]3SC(=S)N(Cc4cccnc4)C3=O)cc2)c1. The molecule has 152 valence electrons. The molecule has 30 heavy (non-hydrogen) atoms. The van der Waals surface area contributed by atoms with Crippen molar-refractivity contribution < 1.29 is 9.53 Å². The van der Waals surface area contributed by atoms with Gasteiger partial charge in [0.15, 0.2) is 0 Å². The summed E-state index contributed by atoms with van der Waals surface area (Å²) in [6, 6.07) is 20.1. The molecular weight excluding hydrogens is 412 g/mol. The summed E-state index contributed by atoms with van der Waals surface area (Å²) < 4.78 is 6.52. The van der Waals surface area contributed by atoms with Crippen LogP contribution in [0.25, 0.3) is 0 Å². The number of amides is 1. The van der Waals surface area contributed by atoms with Gasteiger partial charge in [0.1, 0.15) is 16.7 Å². The first kappa shape index (κ1) is 20.6. The van der Waals surface area contributed by atoms with Crippen molar-refractivity contribution in [2.45, 2.75) is 31.7 Å². The van der Waals surface area contributed by atoms with Crippen molar-refractivity contribution >= 4 is 34.2 Å². The number of nitrogens with zero attached hydrogens (tertiary/aromatic N) is 2. The molecule has 0 radical (unpaired) electrons. The van der Waals surface area contributed by atoms with Crippen molar-refractivity contribution in [3.63, 3.8) is 0 Å². The lowest BCUT2D eigenvalue weighted by Gasteiger charge is -2.15. The molecule has 1 aromatic heterocycles. The van der Waals surface area contributed by atoms with Gasteiger partial charge in [0.25, 0.3) is 0 Å². The summed E-state index contributed by atoms with van der Waals surface area (Å²) in [6.07, 6.45) is 4.13. The van der Waals surface area contributed by atoms with Crippen molar-refractivity contribution in [2.75, 3.05) is 0 Å². The Bertz CT molecular complexity index is 1040. The van der Waals surface area contributed by atoms with E-state index >= 15 is 0 Å². The smallest absolute Gasteiger partial charge is 0.242 e. The van der Waals surface area contributed by atoms with Gasteiger partial charge in [-0.1, -0.05) is 72.0 Å². The number of hydrogen-bond acceptors (Lipinski definition) is 5. The van der Waals surface area contributed by atoms with E-state index in [1.54, 1.807) is 17.3 Å². The minimum absolute atomic E-state index is 0.0635. The lowest BCUT2D eigenvalue weighted by Crippen LogP contribution is -2.31. The van der Waals surface area contributed by atoms with Gasteiger partial charge in [0.2, 0.25) is 5.91 Å². The molecule has 0 N–H and O–H groups in total. The molecule has 3 aromatic rings. The number of benzene rings is 2. The van der Waals surface area contributed by atoms with Gasteiger partial charge in [-0.3, -0.25) is 14.7 Å². The van der Waals surface area contributed by atoms with Gasteiger partial charge in [0, 0.05) is 12.4 Å². The maximum absolute atomic E-state index is 12.9. The van der Waals surface area contributed by atoms with Crippen molar-refractivity contribution in [3.05, 3.63) is 95.3 Å².